The lowest BCUT2D eigenvalue weighted by molar-refractivity contribution is -0.152. The fourth-order valence-electron chi connectivity index (χ4n) is 1.36. The number of rotatable bonds is 3. The lowest BCUT2D eigenvalue weighted by Crippen LogP contribution is -2.56. The maximum atomic E-state index is 11.7. The number of hydrogen-bond acceptors (Lipinski definition) is 5. The third-order valence-corrected chi connectivity index (χ3v) is 2.16. The normalized spacial score (nSPS) is 17.6. The summed E-state index contributed by atoms with van der Waals surface area (Å²) in [5.74, 6) is -1.59. The van der Waals surface area contributed by atoms with Crippen LogP contribution in [0.3, 0.4) is 0 Å². The Kier molecular flexibility index (Phi) is 4.24. The van der Waals surface area contributed by atoms with Crippen LogP contribution >= 0.6 is 0 Å². The van der Waals surface area contributed by atoms with Crippen molar-refractivity contribution in [2.24, 2.45) is 5.73 Å². The van der Waals surface area contributed by atoms with Gasteiger partial charge in [-0.15, -0.1) is 0 Å². The Morgan fingerprint density at radius 3 is 2.88 bits per heavy atom. The highest BCUT2D eigenvalue weighted by atomic mass is 16.5. The van der Waals surface area contributed by atoms with Gasteiger partial charge in [0.05, 0.1) is 13.2 Å². The first-order valence-electron chi connectivity index (χ1n) is 5.04. The molecule has 0 spiro atoms. The van der Waals surface area contributed by atoms with E-state index in [-0.39, 0.29) is 19.1 Å². The molecule has 16 heavy (non-hydrogen) atoms. The van der Waals surface area contributed by atoms with E-state index in [1.54, 1.807) is 6.92 Å². The number of ether oxygens (including phenoxy) is 1. The fourth-order valence-corrected chi connectivity index (χ4v) is 1.36. The number of esters is 1. The molecule has 1 fully saturated rings. The van der Waals surface area contributed by atoms with Gasteiger partial charge in [0.2, 0.25) is 5.91 Å². The summed E-state index contributed by atoms with van der Waals surface area (Å²) in [4.78, 5) is 35.2. The summed E-state index contributed by atoms with van der Waals surface area (Å²) in [6, 6.07) is -1.34. The van der Waals surface area contributed by atoms with Crippen molar-refractivity contribution in [3.63, 3.8) is 0 Å². The SMILES string of the molecule is CCOC(=O)C(N)C(=O)N1CCNC(=O)C1. The zero-order valence-electron chi connectivity index (χ0n) is 9.06. The van der Waals surface area contributed by atoms with Gasteiger partial charge in [0.15, 0.2) is 6.04 Å². The van der Waals surface area contributed by atoms with E-state index in [2.05, 4.69) is 10.1 Å². The zero-order chi connectivity index (χ0) is 12.1. The molecule has 1 aliphatic rings. The Labute approximate surface area is 92.9 Å². The molecule has 1 atom stereocenters. The summed E-state index contributed by atoms with van der Waals surface area (Å²) in [7, 11) is 0. The fraction of sp³-hybridized carbons (Fsp3) is 0.667. The molecule has 0 aromatic rings. The van der Waals surface area contributed by atoms with Gasteiger partial charge in [-0.25, -0.2) is 4.79 Å². The highest BCUT2D eigenvalue weighted by Crippen LogP contribution is 1.99. The maximum absolute atomic E-state index is 11.7. The summed E-state index contributed by atoms with van der Waals surface area (Å²) in [6.07, 6.45) is 0. The molecule has 7 nitrogen and oxygen atoms in total. The number of amides is 2. The van der Waals surface area contributed by atoms with Crippen molar-refractivity contribution >= 4 is 17.8 Å². The molecule has 1 unspecified atom stereocenters. The van der Waals surface area contributed by atoms with Crippen molar-refractivity contribution < 1.29 is 19.1 Å². The van der Waals surface area contributed by atoms with Crippen LogP contribution in [0.1, 0.15) is 6.92 Å². The van der Waals surface area contributed by atoms with Gasteiger partial charge in [0.1, 0.15) is 0 Å². The van der Waals surface area contributed by atoms with Gasteiger partial charge in [-0.1, -0.05) is 0 Å². The Morgan fingerprint density at radius 1 is 1.62 bits per heavy atom. The molecule has 7 heteroatoms. The molecular weight excluding hydrogens is 214 g/mol. The smallest absolute Gasteiger partial charge is 0.332 e. The molecular formula is C9H15N3O4. The van der Waals surface area contributed by atoms with Crippen LogP contribution in [0.2, 0.25) is 0 Å². The molecule has 0 aromatic heterocycles. The molecule has 0 saturated carbocycles. The molecule has 0 aliphatic carbocycles. The van der Waals surface area contributed by atoms with Gasteiger partial charge in [-0.2, -0.15) is 0 Å². The van der Waals surface area contributed by atoms with Gasteiger partial charge in [0, 0.05) is 13.1 Å². The minimum absolute atomic E-state index is 0.0636. The molecule has 2 amide bonds. The van der Waals surface area contributed by atoms with Crippen LogP contribution in [0.15, 0.2) is 0 Å². The quantitative estimate of drug-likeness (QED) is 0.424. The van der Waals surface area contributed by atoms with Crippen molar-refractivity contribution in [3.05, 3.63) is 0 Å². The molecule has 0 aromatic carbocycles. The molecule has 0 radical (unpaired) electrons. The molecule has 1 heterocycles. The number of hydrogen-bond donors (Lipinski definition) is 2. The van der Waals surface area contributed by atoms with Gasteiger partial charge in [-0.05, 0) is 6.92 Å². The largest absolute Gasteiger partial charge is 0.464 e. The first kappa shape index (κ1) is 12.4. The van der Waals surface area contributed by atoms with Gasteiger partial charge >= 0.3 is 5.97 Å². The van der Waals surface area contributed by atoms with Crippen LogP contribution < -0.4 is 11.1 Å². The average molecular weight is 229 g/mol. The van der Waals surface area contributed by atoms with Crippen molar-refractivity contribution in [1.82, 2.24) is 10.2 Å². The predicted molar refractivity (Wildman–Crippen MR) is 54.2 cm³/mol. The van der Waals surface area contributed by atoms with E-state index < -0.39 is 17.9 Å². The van der Waals surface area contributed by atoms with Gasteiger partial charge in [-0.3, -0.25) is 9.59 Å². The number of nitrogens with one attached hydrogen (secondary N) is 1. The molecule has 1 aliphatic heterocycles. The topological polar surface area (TPSA) is 102 Å². The van der Waals surface area contributed by atoms with Crippen LogP contribution in [0.5, 0.6) is 0 Å². The van der Waals surface area contributed by atoms with Crippen LogP contribution in [-0.4, -0.2) is 55.0 Å². The van der Waals surface area contributed by atoms with E-state index in [1.165, 1.54) is 4.90 Å². The summed E-state index contributed by atoms with van der Waals surface area (Å²) >= 11 is 0. The van der Waals surface area contributed by atoms with E-state index in [1.807, 2.05) is 0 Å². The van der Waals surface area contributed by atoms with E-state index in [4.69, 9.17) is 5.73 Å². The molecule has 1 saturated heterocycles. The number of piperazine rings is 1. The second-order valence-corrected chi connectivity index (χ2v) is 3.34. The predicted octanol–water partition coefficient (Wildman–Crippen LogP) is -2.16. The summed E-state index contributed by atoms with van der Waals surface area (Å²) in [5.41, 5.74) is 5.43. The summed E-state index contributed by atoms with van der Waals surface area (Å²) in [6.45, 7) is 2.47. The number of nitrogens with zero attached hydrogens (tertiary/aromatic N) is 1. The molecule has 1 rings (SSSR count). The first-order chi connectivity index (χ1) is 7.56. The number of carbonyl (C=O) groups is 3. The van der Waals surface area contributed by atoms with Gasteiger partial charge in [0.25, 0.3) is 5.91 Å². The van der Waals surface area contributed by atoms with Crippen molar-refractivity contribution in [1.29, 1.82) is 0 Å². The Bertz CT molecular complexity index is 305. The monoisotopic (exact) mass is 229 g/mol. The zero-order valence-corrected chi connectivity index (χ0v) is 9.06. The highest BCUT2D eigenvalue weighted by molar-refractivity contribution is 6.02. The average Bonchev–Trinajstić information content (AvgIpc) is 2.27. The second kappa shape index (κ2) is 5.45. The number of nitrogens with two attached hydrogens (primary N) is 1. The van der Waals surface area contributed by atoms with Crippen molar-refractivity contribution in [2.45, 2.75) is 13.0 Å². The molecule has 3 N–H and O–H groups in total. The Hall–Kier alpha value is -1.63. The third kappa shape index (κ3) is 2.93. The van der Waals surface area contributed by atoms with Crippen LogP contribution in [0.4, 0.5) is 0 Å². The second-order valence-electron chi connectivity index (χ2n) is 3.34. The van der Waals surface area contributed by atoms with E-state index in [0.717, 1.165) is 0 Å². The molecule has 90 valence electrons. The van der Waals surface area contributed by atoms with Gasteiger partial charge < -0.3 is 20.7 Å². The lowest BCUT2D eigenvalue weighted by Gasteiger charge is -2.28. The number of carbonyl (C=O) groups excluding carboxylic acids is 3. The minimum Gasteiger partial charge on any atom is -0.464 e. The van der Waals surface area contributed by atoms with Crippen molar-refractivity contribution in [2.75, 3.05) is 26.2 Å². The first-order valence-corrected chi connectivity index (χ1v) is 5.04. The maximum Gasteiger partial charge on any atom is 0.332 e. The minimum atomic E-state index is -1.34. The summed E-state index contributed by atoms with van der Waals surface area (Å²) in [5, 5.41) is 2.57. The Balaban J connectivity index is 2.55. The van der Waals surface area contributed by atoms with Crippen molar-refractivity contribution in [3.8, 4) is 0 Å². The third-order valence-electron chi connectivity index (χ3n) is 2.16. The Morgan fingerprint density at radius 2 is 2.31 bits per heavy atom. The standard InChI is InChI=1S/C9H15N3O4/c1-2-16-9(15)7(10)8(14)12-4-3-11-6(13)5-12/h7H,2-5,10H2,1H3,(H,11,13). The van der Waals surface area contributed by atoms with Crippen LogP contribution in [0, 0.1) is 0 Å². The molecule has 0 bridgehead atoms. The lowest BCUT2D eigenvalue weighted by atomic mass is 10.2. The van der Waals surface area contributed by atoms with E-state index in [9.17, 15) is 14.4 Å². The van der Waals surface area contributed by atoms with E-state index >= 15 is 0 Å². The van der Waals surface area contributed by atoms with Crippen LogP contribution in [-0.2, 0) is 19.1 Å². The van der Waals surface area contributed by atoms with E-state index in [0.29, 0.717) is 13.1 Å². The summed E-state index contributed by atoms with van der Waals surface area (Å²) < 4.78 is 4.63. The van der Waals surface area contributed by atoms with Crippen LogP contribution in [0.25, 0.3) is 0 Å². The highest BCUT2D eigenvalue weighted by Gasteiger charge is 2.30.